The average Bonchev–Trinajstić information content (AvgIpc) is 2.72. The van der Waals surface area contributed by atoms with Crippen molar-refractivity contribution in [2.45, 2.75) is 43.0 Å². The molecule has 1 aliphatic rings. The zero-order valence-electron chi connectivity index (χ0n) is 18.0. The highest BCUT2D eigenvalue weighted by atomic mass is 32.2. The lowest BCUT2D eigenvalue weighted by Crippen LogP contribution is -2.35. The molecule has 0 spiro atoms. The summed E-state index contributed by atoms with van der Waals surface area (Å²) in [6.45, 7) is 5.38. The lowest BCUT2D eigenvalue weighted by atomic mass is 9.88. The van der Waals surface area contributed by atoms with Crippen molar-refractivity contribution in [3.05, 3.63) is 29.8 Å². The SMILES string of the molecule is NS(=O)(=O)c1ccc(C2NCCCNCCCOCCNCCCCC2C(=O)O)cc1. The Morgan fingerprint density at radius 1 is 0.935 bits per heavy atom. The molecule has 0 radical (unpaired) electrons. The molecule has 9 nitrogen and oxygen atoms in total. The third-order valence-corrected chi connectivity index (χ3v) is 6.30. The summed E-state index contributed by atoms with van der Waals surface area (Å²) in [5, 5.41) is 25.2. The fourth-order valence-corrected chi connectivity index (χ4v) is 4.19. The normalized spacial score (nSPS) is 24.0. The second-order valence-electron chi connectivity index (χ2n) is 7.81. The Labute approximate surface area is 185 Å². The topological polar surface area (TPSA) is 143 Å². The van der Waals surface area contributed by atoms with E-state index in [1.165, 1.54) is 12.1 Å². The number of hydrogen-bond acceptors (Lipinski definition) is 7. The molecule has 2 atom stereocenters. The van der Waals surface area contributed by atoms with Crippen LogP contribution in [0.4, 0.5) is 0 Å². The Kier molecular flexibility index (Phi) is 11.4. The van der Waals surface area contributed by atoms with E-state index in [4.69, 9.17) is 9.88 Å². The van der Waals surface area contributed by atoms with Crippen molar-refractivity contribution in [2.75, 3.05) is 45.9 Å². The zero-order chi connectivity index (χ0) is 22.5. The fraction of sp³-hybridized carbons (Fsp3) is 0.667. The maximum atomic E-state index is 12.1. The van der Waals surface area contributed by atoms with Crippen molar-refractivity contribution < 1.29 is 23.1 Å². The first kappa shape index (κ1) is 25.7. The average molecular weight is 457 g/mol. The molecule has 31 heavy (non-hydrogen) atoms. The van der Waals surface area contributed by atoms with Crippen LogP contribution in [-0.4, -0.2) is 65.4 Å². The van der Waals surface area contributed by atoms with Crippen LogP contribution in [0.3, 0.4) is 0 Å². The Morgan fingerprint density at radius 3 is 2.32 bits per heavy atom. The number of rotatable bonds is 3. The van der Waals surface area contributed by atoms with Crippen LogP contribution in [0.5, 0.6) is 0 Å². The van der Waals surface area contributed by atoms with Gasteiger partial charge >= 0.3 is 5.97 Å². The summed E-state index contributed by atoms with van der Waals surface area (Å²) >= 11 is 0. The summed E-state index contributed by atoms with van der Waals surface area (Å²) in [7, 11) is -3.79. The molecule has 0 saturated carbocycles. The number of carboxylic acid groups (broad SMARTS) is 1. The fourth-order valence-electron chi connectivity index (χ4n) is 3.67. The van der Waals surface area contributed by atoms with Gasteiger partial charge in [-0.1, -0.05) is 18.6 Å². The molecule has 176 valence electrons. The van der Waals surface area contributed by atoms with Gasteiger partial charge in [0.2, 0.25) is 10.0 Å². The molecule has 0 bridgehead atoms. The summed E-state index contributed by atoms with van der Waals surface area (Å²) in [5.41, 5.74) is 0.748. The molecule has 2 unspecified atom stereocenters. The van der Waals surface area contributed by atoms with Crippen LogP contribution in [0.2, 0.25) is 0 Å². The van der Waals surface area contributed by atoms with Crippen LogP contribution < -0.4 is 21.1 Å². The van der Waals surface area contributed by atoms with E-state index in [-0.39, 0.29) is 4.90 Å². The number of ether oxygens (including phenoxy) is 1. The van der Waals surface area contributed by atoms with Crippen molar-refractivity contribution in [3.63, 3.8) is 0 Å². The first-order chi connectivity index (χ1) is 14.9. The molecule has 6 N–H and O–H groups in total. The number of primary sulfonamides is 1. The van der Waals surface area contributed by atoms with Crippen LogP contribution in [0.15, 0.2) is 29.2 Å². The van der Waals surface area contributed by atoms with Crippen LogP contribution in [0, 0.1) is 5.92 Å². The Bertz CT molecular complexity index is 758. The molecule has 1 saturated heterocycles. The first-order valence-corrected chi connectivity index (χ1v) is 12.5. The summed E-state index contributed by atoms with van der Waals surface area (Å²) in [5.74, 6) is -1.47. The maximum Gasteiger partial charge on any atom is 0.308 e. The summed E-state index contributed by atoms with van der Waals surface area (Å²) < 4.78 is 28.7. The Morgan fingerprint density at radius 2 is 1.61 bits per heavy atom. The van der Waals surface area contributed by atoms with Crippen molar-refractivity contribution in [1.82, 2.24) is 16.0 Å². The standard InChI is InChI=1S/C21H36N4O5S/c22-31(28,29)18-8-6-17(7-9-18)20-19(21(26)27)5-1-2-10-24-14-16-30-15-4-12-23-11-3-13-25-20/h6-9,19-20,23-25H,1-5,10-16H2,(H,26,27)(H2,22,28,29). The Balaban J connectivity index is 2.11. The largest absolute Gasteiger partial charge is 0.481 e. The second-order valence-corrected chi connectivity index (χ2v) is 9.37. The third kappa shape index (κ3) is 9.63. The van der Waals surface area contributed by atoms with Gasteiger partial charge in [0.1, 0.15) is 0 Å². The van der Waals surface area contributed by atoms with E-state index in [0.717, 1.165) is 64.0 Å². The molecule has 0 aromatic heterocycles. The van der Waals surface area contributed by atoms with Gasteiger partial charge in [-0.2, -0.15) is 0 Å². The molecule has 0 amide bonds. The van der Waals surface area contributed by atoms with Gasteiger partial charge in [0, 0.05) is 19.2 Å². The van der Waals surface area contributed by atoms with E-state index in [1.807, 2.05) is 0 Å². The van der Waals surface area contributed by atoms with E-state index in [1.54, 1.807) is 12.1 Å². The summed E-state index contributed by atoms with van der Waals surface area (Å²) in [4.78, 5) is 12.1. The Hall–Kier alpha value is -1.56. The molecule has 1 heterocycles. The quantitative estimate of drug-likeness (QED) is 0.450. The zero-order valence-corrected chi connectivity index (χ0v) is 18.8. The molecule has 0 aliphatic carbocycles. The highest BCUT2D eigenvalue weighted by Crippen LogP contribution is 2.28. The molecule has 1 fully saturated rings. The van der Waals surface area contributed by atoms with Crippen LogP contribution in [0.1, 0.15) is 43.7 Å². The van der Waals surface area contributed by atoms with Crippen molar-refractivity contribution >= 4 is 16.0 Å². The maximum absolute atomic E-state index is 12.1. The van der Waals surface area contributed by atoms with Gasteiger partial charge in [0.05, 0.1) is 17.4 Å². The third-order valence-electron chi connectivity index (χ3n) is 5.37. The van der Waals surface area contributed by atoms with Crippen molar-refractivity contribution in [1.29, 1.82) is 0 Å². The van der Waals surface area contributed by atoms with Gasteiger partial charge in [0.15, 0.2) is 0 Å². The molecule has 1 aromatic rings. The lowest BCUT2D eigenvalue weighted by Gasteiger charge is -2.26. The number of carboxylic acids is 1. The van der Waals surface area contributed by atoms with Crippen LogP contribution in [-0.2, 0) is 19.6 Å². The number of hydrogen-bond donors (Lipinski definition) is 5. The lowest BCUT2D eigenvalue weighted by molar-refractivity contribution is -0.143. The van der Waals surface area contributed by atoms with Crippen molar-refractivity contribution in [2.24, 2.45) is 11.1 Å². The summed E-state index contributed by atoms with van der Waals surface area (Å²) in [6, 6.07) is 5.76. The van der Waals surface area contributed by atoms with E-state index in [9.17, 15) is 18.3 Å². The second kappa shape index (κ2) is 13.8. The predicted octanol–water partition coefficient (Wildman–Crippen LogP) is 0.825. The van der Waals surface area contributed by atoms with E-state index in [0.29, 0.717) is 19.6 Å². The highest BCUT2D eigenvalue weighted by molar-refractivity contribution is 7.89. The molecule has 1 aromatic carbocycles. The first-order valence-electron chi connectivity index (χ1n) is 11.0. The molecular formula is C21H36N4O5S. The minimum Gasteiger partial charge on any atom is -0.481 e. The van der Waals surface area contributed by atoms with Gasteiger partial charge in [-0.25, -0.2) is 13.6 Å². The number of carbonyl (C=O) groups is 1. The van der Waals surface area contributed by atoms with E-state index < -0.39 is 28.0 Å². The van der Waals surface area contributed by atoms with Gasteiger partial charge in [-0.3, -0.25) is 4.79 Å². The van der Waals surface area contributed by atoms with Gasteiger partial charge in [-0.15, -0.1) is 0 Å². The molecule has 2 rings (SSSR count). The van der Waals surface area contributed by atoms with Crippen LogP contribution in [0.25, 0.3) is 0 Å². The molecule has 1 aliphatic heterocycles. The van der Waals surface area contributed by atoms with Gasteiger partial charge in [-0.05, 0) is 69.6 Å². The number of nitrogens with two attached hydrogens (primary N) is 1. The number of nitrogens with one attached hydrogen (secondary N) is 3. The number of benzene rings is 1. The monoisotopic (exact) mass is 456 g/mol. The minimum absolute atomic E-state index is 0.0163. The highest BCUT2D eigenvalue weighted by Gasteiger charge is 2.29. The van der Waals surface area contributed by atoms with E-state index >= 15 is 0 Å². The van der Waals surface area contributed by atoms with Crippen molar-refractivity contribution in [3.8, 4) is 0 Å². The van der Waals surface area contributed by atoms with Gasteiger partial charge in [0.25, 0.3) is 0 Å². The molecular weight excluding hydrogens is 420 g/mol. The summed E-state index contributed by atoms with van der Waals surface area (Å²) in [6.07, 6.45) is 3.99. The number of aliphatic carboxylic acids is 1. The van der Waals surface area contributed by atoms with E-state index in [2.05, 4.69) is 16.0 Å². The number of sulfonamides is 1. The van der Waals surface area contributed by atoms with Gasteiger partial charge < -0.3 is 25.8 Å². The predicted molar refractivity (Wildman–Crippen MR) is 119 cm³/mol. The van der Waals surface area contributed by atoms with Crippen LogP contribution >= 0.6 is 0 Å². The minimum atomic E-state index is -3.79. The smallest absolute Gasteiger partial charge is 0.308 e. The molecule has 10 heteroatoms.